The molecule has 0 spiro atoms. The lowest BCUT2D eigenvalue weighted by atomic mass is 10.1. The van der Waals surface area contributed by atoms with Crippen molar-refractivity contribution in [3.05, 3.63) is 41.9 Å². The van der Waals surface area contributed by atoms with E-state index in [0.29, 0.717) is 5.56 Å². The van der Waals surface area contributed by atoms with E-state index in [2.05, 4.69) is 28.0 Å². The van der Waals surface area contributed by atoms with Crippen LogP contribution in [0, 0.1) is 11.3 Å². The first-order chi connectivity index (χ1) is 8.61. The molecule has 2 rings (SSSR count). The fourth-order valence-corrected chi connectivity index (χ4v) is 1.74. The largest absolute Gasteiger partial charge is 0.353 e. The van der Waals surface area contributed by atoms with Gasteiger partial charge in [0.15, 0.2) is 0 Å². The average molecular weight is 241 g/mol. The molecule has 2 aromatic rings. The normalized spacial score (nSPS) is 11.9. The Hall–Kier alpha value is -2.35. The van der Waals surface area contributed by atoms with Crippen LogP contribution < -0.4 is 4.90 Å². The highest BCUT2D eigenvalue weighted by Gasteiger charge is 2.14. The highest BCUT2D eigenvalue weighted by Crippen LogP contribution is 2.22. The van der Waals surface area contributed by atoms with Gasteiger partial charge in [-0.3, -0.25) is 4.68 Å². The first-order valence-corrected chi connectivity index (χ1v) is 5.69. The van der Waals surface area contributed by atoms with E-state index in [4.69, 9.17) is 5.26 Å². The number of pyridine rings is 1. The standard InChI is InChI=1S/C13H15N5/c1-10(12-8-16-17(2)9-12)18(3)13-5-4-11(6-14)7-15-13/h4-5,7-10H,1-3H3/t10-/m1/s1. The van der Waals surface area contributed by atoms with Crippen LogP contribution in [0.4, 0.5) is 5.82 Å². The Labute approximate surface area is 106 Å². The quantitative estimate of drug-likeness (QED) is 0.823. The Morgan fingerprint density at radius 2 is 2.17 bits per heavy atom. The van der Waals surface area contributed by atoms with Gasteiger partial charge in [0.05, 0.1) is 17.8 Å². The number of nitriles is 1. The van der Waals surface area contributed by atoms with Gasteiger partial charge < -0.3 is 4.90 Å². The highest BCUT2D eigenvalue weighted by molar-refractivity contribution is 5.43. The van der Waals surface area contributed by atoms with Crippen LogP contribution in [0.15, 0.2) is 30.7 Å². The van der Waals surface area contributed by atoms with Crippen molar-refractivity contribution in [2.75, 3.05) is 11.9 Å². The number of hydrogen-bond acceptors (Lipinski definition) is 4. The third-order valence-corrected chi connectivity index (χ3v) is 3.03. The fourth-order valence-electron chi connectivity index (χ4n) is 1.74. The van der Waals surface area contributed by atoms with Gasteiger partial charge in [-0.1, -0.05) is 0 Å². The van der Waals surface area contributed by atoms with Crippen LogP contribution in [-0.4, -0.2) is 21.8 Å². The fraction of sp³-hybridized carbons (Fsp3) is 0.308. The molecule has 0 N–H and O–H groups in total. The second-order valence-corrected chi connectivity index (χ2v) is 4.25. The smallest absolute Gasteiger partial charge is 0.128 e. The van der Waals surface area contributed by atoms with Crippen molar-refractivity contribution in [2.45, 2.75) is 13.0 Å². The monoisotopic (exact) mass is 241 g/mol. The molecule has 0 saturated heterocycles. The minimum absolute atomic E-state index is 0.180. The maximum Gasteiger partial charge on any atom is 0.128 e. The minimum Gasteiger partial charge on any atom is -0.353 e. The van der Waals surface area contributed by atoms with Gasteiger partial charge in [0.1, 0.15) is 11.9 Å². The molecule has 0 saturated carbocycles. The van der Waals surface area contributed by atoms with E-state index in [9.17, 15) is 0 Å². The van der Waals surface area contributed by atoms with Crippen LogP contribution in [0.5, 0.6) is 0 Å². The zero-order valence-corrected chi connectivity index (χ0v) is 10.7. The molecule has 5 nitrogen and oxygen atoms in total. The molecule has 0 amide bonds. The number of aromatic nitrogens is 3. The summed E-state index contributed by atoms with van der Waals surface area (Å²) >= 11 is 0. The van der Waals surface area contributed by atoms with Crippen LogP contribution in [0.2, 0.25) is 0 Å². The van der Waals surface area contributed by atoms with Crippen molar-refractivity contribution >= 4 is 5.82 Å². The molecule has 2 aromatic heterocycles. The Bertz CT molecular complexity index is 564. The molecular weight excluding hydrogens is 226 g/mol. The van der Waals surface area contributed by atoms with Gasteiger partial charge in [0.25, 0.3) is 0 Å². The van der Waals surface area contributed by atoms with E-state index < -0.39 is 0 Å². The number of aryl methyl sites for hydroxylation is 1. The molecule has 0 aromatic carbocycles. The molecule has 92 valence electrons. The van der Waals surface area contributed by atoms with Crippen LogP contribution in [-0.2, 0) is 7.05 Å². The van der Waals surface area contributed by atoms with Crippen molar-refractivity contribution in [2.24, 2.45) is 7.05 Å². The lowest BCUT2D eigenvalue weighted by Crippen LogP contribution is -2.22. The molecule has 18 heavy (non-hydrogen) atoms. The van der Waals surface area contributed by atoms with Crippen molar-refractivity contribution < 1.29 is 0 Å². The van der Waals surface area contributed by atoms with E-state index in [0.717, 1.165) is 11.4 Å². The first-order valence-electron chi connectivity index (χ1n) is 5.69. The SMILES string of the molecule is C[C@H](c1cnn(C)c1)N(C)c1ccc(C#N)cn1. The second-order valence-electron chi connectivity index (χ2n) is 4.25. The molecule has 0 bridgehead atoms. The highest BCUT2D eigenvalue weighted by atomic mass is 15.3. The van der Waals surface area contributed by atoms with E-state index >= 15 is 0 Å². The van der Waals surface area contributed by atoms with Crippen molar-refractivity contribution in [1.29, 1.82) is 5.26 Å². The summed E-state index contributed by atoms with van der Waals surface area (Å²) in [5.41, 5.74) is 1.70. The summed E-state index contributed by atoms with van der Waals surface area (Å²) in [5.74, 6) is 0.838. The first kappa shape index (κ1) is 12.1. The van der Waals surface area contributed by atoms with Crippen molar-refractivity contribution in [3.63, 3.8) is 0 Å². The number of anilines is 1. The predicted molar refractivity (Wildman–Crippen MR) is 69.0 cm³/mol. The van der Waals surface area contributed by atoms with Crippen LogP contribution in [0.3, 0.4) is 0 Å². The Morgan fingerprint density at radius 3 is 2.67 bits per heavy atom. The Balaban J connectivity index is 2.20. The van der Waals surface area contributed by atoms with Crippen molar-refractivity contribution in [1.82, 2.24) is 14.8 Å². The summed E-state index contributed by atoms with van der Waals surface area (Å²) in [6.07, 6.45) is 5.43. The van der Waals surface area contributed by atoms with E-state index in [-0.39, 0.29) is 6.04 Å². The summed E-state index contributed by atoms with van der Waals surface area (Å²) in [6, 6.07) is 5.87. The summed E-state index contributed by atoms with van der Waals surface area (Å²) in [6.45, 7) is 2.09. The van der Waals surface area contributed by atoms with Gasteiger partial charge in [0.2, 0.25) is 0 Å². The Kier molecular flexibility index (Phi) is 3.28. The van der Waals surface area contributed by atoms with Crippen molar-refractivity contribution in [3.8, 4) is 6.07 Å². The van der Waals surface area contributed by atoms with Crippen LogP contribution in [0.1, 0.15) is 24.1 Å². The van der Waals surface area contributed by atoms with Crippen LogP contribution in [0.25, 0.3) is 0 Å². The second kappa shape index (κ2) is 4.88. The summed E-state index contributed by atoms with van der Waals surface area (Å²) in [7, 11) is 3.88. The lowest BCUT2D eigenvalue weighted by Gasteiger charge is -2.25. The molecule has 5 heteroatoms. The molecule has 0 unspecified atom stereocenters. The van der Waals surface area contributed by atoms with E-state index in [1.165, 1.54) is 0 Å². The maximum atomic E-state index is 8.74. The molecule has 0 aliphatic rings. The molecule has 0 aliphatic heterocycles. The van der Waals surface area contributed by atoms with Gasteiger partial charge in [-0.15, -0.1) is 0 Å². The number of hydrogen-bond donors (Lipinski definition) is 0. The zero-order chi connectivity index (χ0) is 13.1. The van der Waals surface area contributed by atoms with Gasteiger partial charge in [-0.05, 0) is 19.1 Å². The summed E-state index contributed by atoms with van der Waals surface area (Å²) in [5, 5.41) is 12.9. The zero-order valence-electron chi connectivity index (χ0n) is 10.7. The maximum absolute atomic E-state index is 8.74. The summed E-state index contributed by atoms with van der Waals surface area (Å²) < 4.78 is 1.78. The number of rotatable bonds is 3. The lowest BCUT2D eigenvalue weighted by molar-refractivity contribution is 0.724. The molecule has 2 heterocycles. The third kappa shape index (κ3) is 2.33. The third-order valence-electron chi connectivity index (χ3n) is 3.03. The van der Waals surface area contributed by atoms with Gasteiger partial charge in [-0.25, -0.2) is 4.98 Å². The van der Waals surface area contributed by atoms with E-state index in [1.54, 1.807) is 16.9 Å². The van der Waals surface area contributed by atoms with Gasteiger partial charge in [0, 0.05) is 32.1 Å². The molecule has 1 atom stereocenters. The summed E-state index contributed by atoms with van der Waals surface area (Å²) in [4.78, 5) is 6.33. The number of nitrogens with zero attached hydrogens (tertiary/aromatic N) is 5. The average Bonchev–Trinajstić information content (AvgIpc) is 2.84. The van der Waals surface area contributed by atoms with Gasteiger partial charge >= 0.3 is 0 Å². The molecule has 0 aliphatic carbocycles. The molecular formula is C13H15N5. The Morgan fingerprint density at radius 1 is 1.39 bits per heavy atom. The minimum atomic E-state index is 0.180. The molecule has 0 radical (unpaired) electrons. The van der Waals surface area contributed by atoms with E-state index in [1.807, 2.05) is 32.6 Å². The molecule has 0 fully saturated rings. The predicted octanol–water partition coefficient (Wildman–Crippen LogP) is 1.88. The van der Waals surface area contributed by atoms with Gasteiger partial charge in [-0.2, -0.15) is 10.4 Å². The van der Waals surface area contributed by atoms with Crippen LogP contribution >= 0.6 is 0 Å². The topological polar surface area (TPSA) is 57.7 Å².